The van der Waals surface area contributed by atoms with Crippen LogP contribution in [0.4, 0.5) is 0 Å². The molecule has 1 aromatic rings. The Hall–Kier alpha value is -1.06. The number of halogens is 1. The number of carbonyl (C=O) groups is 1. The van der Waals surface area contributed by atoms with Gasteiger partial charge in [0.25, 0.3) is 5.91 Å². The molecule has 1 unspecified atom stereocenters. The molecule has 1 saturated carbocycles. The summed E-state index contributed by atoms with van der Waals surface area (Å²) in [4.78, 5) is 14.8. The van der Waals surface area contributed by atoms with E-state index >= 15 is 0 Å². The smallest absolute Gasteiger partial charge is 0.255 e. The molecular weight excluding hydrogens is 272 g/mol. The van der Waals surface area contributed by atoms with E-state index in [1.165, 1.54) is 6.42 Å². The van der Waals surface area contributed by atoms with E-state index in [1.807, 2.05) is 30.0 Å². The summed E-state index contributed by atoms with van der Waals surface area (Å²) in [5, 5.41) is 4.04. The number of aryl methyl sites for hydroxylation is 1. The van der Waals surface area contributed by atoms with E-state index in [2.05, 4.69) is 5.32 Å². The molecule has 0 radical (unpaired) electrons. The second-order valence-corrected chi connectivity index (χ2v) is 6.37. The lowest BCUT2D eigenvalue weighted by atomic mass is 10.1. The number of amides is 1. The van der Waals surface area contributed by atoms with Gasteiger partial charge in [0, 0.05) is 18.6 Å². The van der Waals surface area contributed by atoms with E-state index in [4.69, 9.17) is 11.6 Å². The van der Waals surface area contributed by atoms with E-state index in [-0.39, 0.29) is 5.91 Å². The van der Waals surface area contributed by atoms with Crippen LogP contribution in [0.3, 0.4) is 0 Å². The summed E-state index contributed by atoms with van der Waals surface area (Å²) in [6.45, 7) is 3.87. The summed E-state index contributed by atoms with van der Waals surface area (Å²) in [5.74, 6) is 0.0891. The highest BCUT2D eigenvalue weighted by Gasteiger charge is 2.35. The fourth-order valence-electron chi connectivity index (χ4n) is 2.88. The molecule has 1 aliphatic heterocycles. The summed E-state index contributed by atoms with van der Waals surface area (Å²) < 4.78 is 0. The second-order valence-electron chi connectivity index (χ2n) is 5.97. The van der Waals surface area contributed by atoms with Gasteiger partial charge in [0.1, 0.15) is 0 Å². The van der Waals surface area contributed by atoms with Gasteiger partial charge >= 0.3 is 0 Å². The maximum Gasteiger partial charge on any atom is 0.255 e. The first-order chi connectivity index (χ1) is 9.65. The number of hydrogen-bond acceptors (Lipinski definition) is 2. The van der Waals surface area contributed by atoms with Crippen molar-refractivity contribution in [2.75, 3.05) is 13.1 Å². The van der Waals surface area contributed by atoms with Crippen LogP contribution in [0.1, 0.15) is 41.6 Å². The van der Waals surface area contributed by atoms with Gasteiger partial charge in [-0.15, -0.1) is 0 Å². The summed E-state index contributed by atoms with van der Waals surface area (Å²) in [7, 11) is 0. The standard InChI is InChI=1S/C16H21ClN2O/c1-11-4-7-14(15(17)9-11)16(20)19(13-5-6-13)10-12-3-2-8-18-12/h4,7,9,12-13,18H,2-3,5-6,8,10H2,1H3. The first kappa shape index (κ1) is 13.9. The fourth-order valence-corrected chi connectivity index (χ4v) is 3.20. The Morgan fingerprint density at radius 3 is 2.80 bits per heavy atom. The number of hydrogen-bond donors (Lipinski definition) is 1. The van der Waals surface area contributed by atoms with Gasteiger partial charge in [0.05, 0.1) is 10.6 Å². The molecule has 1 heterocycles. The normalized spacial score (nSPS) is 22.0. The molecule has 20 heavy (non-hydrogen) atoms. The maximum atomic E-state index is 12.8. The molecule has 1 saturated heterocycles. The highest BCUT2D eigenvalue weighted by atomic mass is 35.5. The van der Waals surface area contributed by atoms with Crippen molar-refractivity contribution < 1.29 is 4.79 Å². The predicted octanol–water partition coefficient (Wildman–Crippen LogP) is 3.01. The summed E-state index contributed by atoms with van der Waals surface area (Å²) in [5.41, 5.74) is 1.73. The van der Waals surface area contributed by atoms with E-state index in [1.54, 1.807) is 0 Å². The topological polar surface area (TPSA) is 32.3 Å². The van der Waals surface area contributed by atoms with Crippen LogP contribution in [0.5, 0.6) is 0 Å². The molecule has 1 N–H and O–H groups in total. The Kier molecular flexibility index (Phi) is 3.99. The van der Waals surface area contributed by atoms with Crippen molar-refractivity contribution >= 4 is 17.5 Å². The average Bonchev–Trinajstić information content (AvgIpc) is 3.12. The number of nitrogens with one attached hydrogen (secondary N) is 1. The maximum absolute atomic E-state index is 12.8. The zero-order valence-electron chi connectivity index (χ0n) is 11.9. The van der Waals surface area contributed by atoms with Gasteiger partial charge in [0.15, 0.2) is 0 Å². The monoisotopic (exact) mass is 292 g/mol. The van der Waals surface area contributed by atoms with Gasteiger partial charge < -0.3 is 10.2 Å². The lowest BCUT2D eigenvalue weighted by Gasteiger charge is -2.26. The van der Waals surface area contributed by atoms with Crippen molar-refractivity contribution in [1.82, 2.24) is 10.2 Å². The quantitative estimate of drug-likeness (QED) is 0.925. The van der Waals surface area contributed by atoms with Crippen LogP contribution in [0, 0.1) is 6.92 Å². The van der Waals surface area contributed by atoms with Crippen molar-refractivity contribution in [2.45, 2.75) is 44.7 Å². The molecule has 1 aliphatic carbocycles. The molecule has 3 nitrogen and oxygen atoms in total. The highest BCUT2D eigenvalue weighted by molar-refractivity contribution is 6.33. The van der Waals surface area contributed by atoms with Crippen LogP contribution in [0.2, 0.25) is 5.02 Å². The lowest BCUT2D eigenvalue weighted by Crippen LogP contribution is -2.42. The Morgan fingerprint density at radius 1 is 1.40 bits per heavy atom. The van der Waals surface area contributed by atoms with Crippen molar-refractivity contribution in [3.63, 3.8) is 0 Å². The molecule has 108 valence electrons. The Bertz CT molecular complexity index is 507. The third-order valence-electron chi connectivity index (χ3n) is 4.18. The molecule has 1 amide bonds. The molecule has 0 aromatic heterocycles. The van der Waals surface area contributed by atoms with Crippen LogP contribution in [0.25, 0.3) is 0 Å². The van der Waals surface area contributed by atoms with E-state index < -0.39 is 0 Å². The zero-order chi connectivity index (χ0) is 14.1. The average molecular weight is 293 g/mol. The molecular formula is C16H21ClN2O. The molecule has 3 rings (SSSR count). The summed E-state index contributed by atoms with van der Waals surface area (Å²) in [6.07, 6.45) is 4.63. The lowest BCUT2D eigenvalue weighted by molar-refractivity contribution is 0.0729. The van der Waals surface area contributed by atoms with Gasteiger partial charge in [-0.3, -0.25) is 4.79 Å². The minimum Gasteiger partial charge on any atom is -0.334 e. The minimum absolute atomic E-state index is 0.0891. The SMILES string of the molecule is Cc1ccc(C(=O)N(CC2CCCN2)C2CC2)c(Cl)c1. The molecule has 2 aliphatic rings. The zero-order valence-corrected chi connectivity index (χ0v) is 12.6. The Morgan fingerprint density at radius 2 is 2.20 bits per heavy atom. The molecule has 4 heteroatoms. The van der Waals surface area contributed by atoms with Crippen LogP contribution in [0.15, 0.2) is 18.2 Å². The van der Waals surface area contributed by atoms with E-state index in [0.29, 0.717) is 22.7 Å². The number of rotatable bonds is 4. The van der Waals surface area contributed by atoms with Crippen molar-refractivity contribution in [3.05, 3.63) is 34.3 Å². The first-order valence-corrected chi connectivity index (χ1v) is 7.83. The number of nitrogens with zero attached hydrogens (tertiary/aromatic N) is 1. The third kappa shape index (κ3) is 2.99. The minimum atomic E-state index is 0.0891. The van der Waals surface area contributed by atoms with Gasteiger partial charge in [-0.25, -0.2) is 0 Å². The fraction of sp³-hybridized carbons (Fsp3) is 0.562. The summed E-state index contributed by atoms with van der Waals surface area (Å²) >= 11 is 6.25. The van der Waals surface area contributed by atoms with Gasteiger partial charge in [-0.05, 0) is 56.8 Å². The molecule has 1 atom stereocenters. The van der Waals surface area contributed by atoms with Crippen LogP contribution in [-0.4, -0.2) is 36.0 Å². The molecule has 2 fully saturated rings. The molecule has 1 aromatic carbocycles. The van der Waals surface area contributed by atoms with Crippen LogP contribution in [-0.2, 0) is 0 Å². The van der Waals surface area contributed by atoms with Crippen LogP contribution < -0.4 is 5.32 Å². The predicted molar refractivity (Wildman–Crippen MR) is 81.3 cm³/mol. The van der Waals surface area contributed by atoms with Crippen molar-refractivity contribution in [1.29, 1.82) is 0 Å². The third-order valence-corrected chi connectivity index (χ3v) is 4.50. The Labute approximate surface area is 125 Å². The number of carbonyl (C=O) groups excluding carboxylic acids is 1. The molecule has 0 bridgehead atoms. The largest absolute Gasteiger partial charge is 0.334 e. The van der Waals surface area contributed by atoms with Crippen molar-refractivity contribution in [3.8, 4) is 0 Å². The van der Waals surface area contributed by atoms with Gasteiger partial charge in [0.2, 0.25) is 0 Å². The Balaban J connectivity index is 1.77. The van der Waals surface area contributed by atoms with E-state index in [9.17, 15) is 4.79 Å². The highest BCUT2D eigenvalue weighted by Crippen LogP contribution is 2.30. The van der Waals surface area contributed by atoms with Crippen LogP contribution >= 0.6 is 11.6 Å². The van der Waals surface area contributed by atoms with E-state index in [0.717, 1.165) is 37.9 Å². The molecule has 0 spiro atoms. The van der Waals surface area contributed by atoms with Gasteiger partial charge in [-0.2, -0.15) is 0 Å². The number of benzene rings is 1. The van der Waals surface area contributed by atoms with Gasteiger partial charge in [-0.1, -0.05) is 17.7 Å². The summed E-state index contributed by atoms with van der Waals surface area (Å²) in [6, 6.07) is 6.55. The second kappa shape index (κ2) is 5.74. The first-order valence-electron chi connectivity index (χ1n) is 7.45. The van der Waals surface area contributed by atoms with Crippen molar-refractivity contribution in [2.24, 2.45) is 0 Å².